The Kier molecular flexibility index (Phi) is 5.36. The maximum Gasteiger partial charge on any atom is 0.234 e. The Morgan fingerprint density at radius 1 is 1.58 bits per heavy atom. The molecule has 0 radical (unpaired) electrons. The molecule has 1 heterocycles. The number of carbonyl (C=O) groups is 1. The van der Waals surface area contributed by atoms with E-state index < -0.39 is 0 Å². The van der Waals surface area contributed by atoms with Crippen molar-refractivity contribution < 1.29 is 9.90 Å². The largest absolute Gasteiger partial charge is 0.393 e. The first-order valence-corrected chi connectivity index (χ1v) is 7.69. The van der Waals surface area contributed by atoms with E-state index in [2.05, 4.69) is 5.32 Å². The molecule has 106 valence electrons. The molecule has 4 nitrogen and oxygen atoms in total. The van der Waals surface area contributed by atoms with E-state index in [0.29, 0.717) is 19.0 Å². The standard InChI is InChI=1S/C14H22N2O2S/c1-16(9-11-4-2-6-13(11)17)10-14(18)15-8-12-5-3-7-19-12/h3,5,7,11,13,17H,2,4,6,8-10H2,1H3,(H,15,18). The van der Waals surface area contributed by atoms with Crippen LogP contribution in [0.3, 0.4) is 0 Å². The quantitative estimate of drug-likeness (QED) is 0.830. The molecule has 1 aromatic heterocycles. The molecule has 5 heteroatoms. The number of aliphatic hydroxyl groups is 1. The molecule has 2 rings (SSSR count). The molecule has 2 N–H and O–H groups in total. The lowest BCUT2D eigenvalue weighted by Gasteiger charge is -2.22. The van der Waals surface area contributed by atoms with E-state index in [1.165, 1.54) is 4.88 Å². The second-order valence-corrected chi connectivity index (χ2v) is 6.34. The SMILES string of the molecule is CN(CC(=O)NCc1cccs1)CC1CCCC1O. The molecule has 1 amide bonds. The fourth-order valence-electron chi connectivity index (χ4n) is 2.60. The van der Waals surface area contributed by atoms with Crippen LogP contribution >= 0.6 is 11.3 Å². The highest BCUT2D eigenvalue weighted by Crippen LogP contribution is 2.25. The average Bonchev–Trinajstić information content (AvgIpc) is 2.99. The Hall–Kier alpha value is -0.910. The molecule has 0 aliphatic heterocycles. The van der Waals surface area contributed by atoms with Crippen LogP contribution in [-0.4, -0.2) is 42.2 Å². The Morgan fingerprint density at radius 3 is 3.05 bits per heavy atom. The third-order valence-electron chi connectivity index (χ3n) is 3.62. The minimum absolute atomic E-state index is 0.0448. The van der Waals surface area contributed by atoms with Crippen molar-refractivity contribution >= 4 is 17.2 Å². The Bertz CT molecular complexity index is 394. The van der Waals surface area contributed by atoms with E-state index in [1.807, 2.05) is 29.5 Å². The van der Waals surface area contributed by atoms with Gasteiger partial charge in [0, 0.05) is 11.4 Å². The van der Waals surface area contributed by atoms with E-state index in [1.54, 1.807) is 11.3 Å². The number of hydrogen-bond acceptors (Lipinski definition) is 4. The number of hydrogen-bond donors (Lipinski definition) is 2. The van der Waals surface area contributed by atoms with E-state index in [4.69, 9.17) is 0 Å². The second kappa shape index (κ2) is 7.03. The highest BCUT2D eigenvalue weighted by atomic mass is 32.1. The zero-order valence-electron chi connectivity index (χ0n) is 11.3. The number of nitrogens with one attached hydrogen (secondary N) is 1. The lowest BCUT2D eigenvalue weighted by molar-refractivity contribution is -0.122. The predicted octanol–water partition coefficient (Wildman–Crippen LogP) is 1.46. The monoisotopic (exact) mass is 282 g/mol. The molecule has 2 unspecified atom stereocenters. The highest BCUT2D eigenvalue weighted by molar-refractivity contribution is 7.09. The van der Waals surface area contributed by atoms with Crippen molar-refractivity contribution in [1.29, 1.82) is 0 Å². The number of amides is 1. The first kappa shape index (κ1) is 14.5. The third kappa shape index (κ3) is 4.60. The van der Waals surface area contributed by atoms with Crippen molar-refractivity contribution in [2.75, 3.05) is 20.1 Å². The predicted molar refractivity (Wildman–Crippen MR) is 77.0 cm³/mol. The van der Waals surface area contributed by atoms with Crippen LogP contribution in [-0.2, 0) is 11.3 Å². The minimum atomic E-state index is -0.184. The van der Waals surface area contributed by atoms with E-state index in [-0.39, 0.29) is 12.0 Å². The van der Waals surface area contributed by atoms with Gasteiger partial charge in [-0.3, -0.25) is 9.69 Å². The zero-order chi connectivity index (χ0) is 13.7. The summed E-state index contributed by atoms with van der Waals surface area (Å²) in [4.78, 5) is 15.0. The molecule has 1 aliphatic carbocycles. The number of likely N-dealkylation sites (N-methyl/N-ethyl adjacent to an activating group) is 1. The summed E-state index contributed by atoms with van der Waals surface area (Å²) < 4.78 is 0. The first-order valence-electron chi connectivity index (χ1n) is 6.81. The van der Waals surface area contributed by atoms with Gasteiger partial charge in [-0.25, -0.2) is 0 Å². The summed E-state index contributed by atoms with van der Waals surface area (Å²) in [5.74, 6) is 0.374. The van der Waals surface area contributed by atoms with Gasteiger partial charge in [0.25, 0.3) is 0 Å². The summed E-state index contributed by atoms with van der Waals surface area (Å²) in [5, 5.41) is 14.7. The maximum atomic E-state index is 11.8. The smallest absolute Gasteiger partial charge is 0.234 e. The van der Waals surface area contributed by atoms with Crippen LogP contribution in [0, 0.1) is 5.92 Å². The van der Waals surface area contributed by atoms with Gasteiger partial charge in [0.1, 0.15) is 0 Å². The molecule has 1 aromatic rings. The van der Waals surface area contributed by atoms with Gasteiger partial charge in [-0.15, -0.1) is 11.3 Å². The summed E-state index contributed by atoms with van der Waals surface area (Å²) >= 11 is 1.65. The normalized spacial score (nSPS) is 22.9. The molecule has 1 fully saturated rings. The van der Waals surface area contributed by atoms with E-state index >= 15 is 0 Å². The van der Waals surface area contributed by atoms with Crippen LogP contribution in [0.1, 0.15) is 24.1 Å². The van der Waals surface area contributed by atoms with Crippen molar-refractivity contribution in [3.8, 4) is 0 Å². The van der Waals surface area contributed by atoms with Gasteiger partial charge in [-0.2, -0.15) is 0 Å². The fraction of sp³-hybridized carbons (Fsp3) is 0.643. The molecule has 2 atom stereocenters. The van der Waals surface area contributed by atoms with Gasteiger partial charge < -0.3 is 10.4 Å². The van der Waals surface area contributed by atoms with Crippen LogP contribution in [0.25, 0.3) is 0 Å². The molecule has 1 saturated carbocycles. The van der Waals surface area contributed by atoms with Crippen molar-refractivity contribution in [3.63, 3.8) is 0 Å². The molecule has 0 aromatic carbocycles. The number of thiophene rings is 1. The average molecular weight is 282 g/mol. The number of carbonyl (C=O) groups excluding carboxylic acids is 1. The van der Waals surface area contributed by atoms with Crippen molar-refractivity contribution in [3.05, 3.63) is 22.4 Å². The minimum Gasteiger partial charge on any atom is -0.393 e. The Labute approximate surface area is 118 Å². The van der Waals surface area contributed by atoms with Crippen LogP contribution in [0.15, 0.2) is 17.5 Å². The second-order valence-electron chi connectivity index (χ2n) is 5.31. The fourth-order valence-corrected chi connectivity index (χ4v) is 3.24. The van der Waals surface area contributed by atoms with Gasteiger partial charge in [-0.05, 0) is 37.3 Å². The summed E-state index contributed by atoms with van der Waals surface area (Å²) in [6.07, 6.45) is 2.90. The molecule has 0 bridgehead atoms. The summed E-state index contributed by atoms with van der Waals surface area (Å²) in [7, 11) is 1.94. The summed E-state index contributed by atoms with van der Waals surface area (Å²) in [6.45, 7) is 1.80. The van der Waals surface area contributed by atoms with Gasteiger partial charge in [0.05, 0.1) is 19.2 Å². The topological polar surface area (TPSA) is 52.6 Å². The highest BCUT2D eigenvalue weighted by Gasteiger charge is 2.26. The molecule has 0 spiro atoms. The van der Waals surface area contributed by atoms with Gasteiger partial charge in [-0.1, -0.05) is 12.5 Å². The molecule has 1 aliphatic rings. The van der Waals surface area contributed by atoms with Crippen molar-refractivity contribution in [1.82, 2.24) is 10.2 Å². The summed E-state index contributed by atoms with van der Waals surface area (Å²) in [5.41, 5.74) is 0. The number of nitrogens with zero attached hydrogens (tertiary/aromatic N) is 1. The zero-order valence-corrected chi connectivity index (χ0v) is 12.2. The van der Waals surface area contributed by atoms with E-state index in [0.717, 1.165) is 25.8 Å². The lowest BCUT2D eigenvalue weighted by atomic mass is 10.1. The molecular weight excluding hydrogens is 260 g/mol. The Morgan fingerprint density at radius 2 is 2.42 bits per heavy atom. The van der Waals surface area contributed by atoms with Crippen molar-refractivity contribution in [2.24, 2.45) is 5.92 Å². The third-order valence-corrected chi connectivity index (χ3v) is 4.49. The first-order chi connectivity index (χ1) is 9.15. The summed E-state index contributed by atoms with van der Waals surface area (Å²) in [6, 6.07) is 4.00. The Balaban J connectivity index is 1.66. The van der Waals surface area contributed by atoms with Crippen LogP contribution in [0.2, 0.25) is 0 Å². The molecule has 19 heavy (non-hydrogen) atoms. The molecular formula is C14H22N2O2S. The molecule has 0 saturated heterocycles. The van der Waals surface area contributed by atoms with Crippen LogP contribution in [0.4, 0.5) is 0 Å². The maximum absolute atomic E-state index is 11.8. The van der Waals surface area contributed by atoms with Gasteiger partial charge in [0.2, 0.25) is 5.91 Å². The lowest BCUT2D eigenvalue weighted by Crippen LogP contribution is -2.38. The van der Waals surface area contributed by atoms with Gasteiger partial charge >= 0.3 is 0 Å². The number of rotatable bonds is 6. The van der Waals surface area contributed by atoms with Crippen molar-refractivity contribution in [2.45, 2.75) is 31.9 Å². The van der Waals surface area contributed by atoms with Gasteiger partial charge in [0.15, 0.2) is 0 Å². The van der Waals surface area contributed by atoms with Crippen LogP contribution < -0.4 is 5.32 Å². The van der Waals surface area contributed by atoms with Crippen LogP contribution in [0.5, 0.6) is 0 Å². The number of aliphatic hydroxyl groups excluding tert-OH is 1. The van der Waals surface area contributed by atoms with E-state index in [9.17, 15) is 9.90 Å².